The van der Waals surface area contributed by atoms with Gasteiger partial charge in [-0.2, -0.15) is 0 Å². The number of hydrogen-bond acceptors (Lipinski definition) is 8. The van der Waals surface area contributed by atoms with E-state index in [1.807, 2.05) is 0 Å². The van der Waals surface area contributed by atoms with Crippen LogP contribution in [0, 0.1) is 10.1 Å². The zero-order valence-corrected chi connectivity index (χ0v) is 11.2. The van der Waals surface area contributed by atoms with Gasteiger partial charge in [-0.15, -0.1) is 0 Å². The van der Waals surface area contributed by atoms with Gasteiger partial charge in [-0.1, -0.05) is 0 Å². The summed E-state index contributed by atoms with van der Waals surface area (Å²) in [6.07, 6.45) is -4.60. The van der Waals surface area contributed by atoms with Crippen molar-refractivity contribution in [1.29, 1.82) is 0 Å². The monoisotopic (exact) mass is 300 g/mol. The van der Waals surface area contributed by atoms with Gasteiger partial charge in [-0.3, -0.25) is 10.1 Å². The Bertz CT molecular complexity index is 524. The number of ether oxygens (including phenoxy) is 2. The molecule has 0 spiro atoms. The summed E-state index contributed by atoms with van der Waals surface area (Å²) in [5.41, 5.74) is -0.150. The third-order valence-electron chi connectivity index (χ3n) is 3.24. The molecule has 0 aromatic heterocycles. The van der Waals surface area contributed by atoms with Gasteiger partial charge in [0.1, 0.15) is 29.7 Å². The molecule has 0 amide bonds. The molecule has 1 aromatic rings. The topological polar surface area (TPSA) is 134 Å². The molecular weight excluding hydrogens is 284 g/mol. The van der Waals surface area contributed by atoms with E-state index in [4.69, 9.17) is 14.6 Å². The van der Waals surface area contributed by atoms with Crippen LogP contribution in [0.2, 0.25) is 0 Å². The summed E-state index contributed by atoms with van der Waals surface area (Å²) in [6, 6.07) is 4.14. The number of nitro benzene ring substituents is 1. The number of methoxy groups -OCH3 is 1. The van der Waals surface area contributed by atoms with Crippen molar-refractivity contribution in [3.63, 3.8) is 0 Å². The van der Waals surface area contributed by atoms with Gasteiger partial charge in [0.25, 0.3) is 5.69 Å². The maximum atomic E-state index is 11.0. The minimum Gasteiger partial charge on any atom is -0.496 e. The largest absolute Gasteiger partial charge is 0.496 e. The summed E-state index contributed by atoms with van der Waals surface area (Å²) in [5, 5.41) is 42.1. The van der Waals surface area contributed by atoms with Crippen LogP contribution in [0.25, 0.3) is 0 Å². The summed E-state index contributed by atoms with van der Waals surface area (Å²) >= 11 is 0. The van der Waals surface area contributed by atoms with Crippen LogP contribution in [-0.4, -0.2) is 58.5 Å². The molecule has 1 heterocycles. The number of aliphatic hydroxyl groups excluding tert-OH is 3. The van der Waals surface area contributed by atoms with Crippen molar-refractivity contribution < 1.29 is 29.7 Å². The van der Waals surface area contributed by atoms with Crippen LogP contribution in [0.1, 0.15) is 0 Å². The molecule has 0 radical (unpaired) electrons. The lowest BCUT2D eigenvalue weighted by atomic mass is 10.1. The highest BCUT2D eigenvalue weighted by Crippen LogP contribution is 2.31. The van der Waals surface area contributed by atoms with Crippen molar-refractivity contribution in [2.24, 2.45) is 0 Å². The molecule has 1 fully saturated rings. The Labute approximate surface area is 119 Å². The van der Waals surface area contributed by atoms with Crippen molar-refractivity contribution >= 4 is 11.4 Å². The molecule has 0 saturated carbocycles. The number of anilines is 1. The van der Waals surface area contributed by atoms with E-state index in [0.717, 1.165) is 0 Å². The average Bonchev–Trinajstić information content (AvgIpc) is 2.75. The molecule has 2 rings (SSSR count). The molecule has 4 atom stereocenters. The van der Waals surface area contributed by atoms with E-state index in [2.05, 4.69) is 5.32 Å². The van der Waals surface area contributed by atoms with Gasteiger partial charge in [0, 0.05) is 0 Å². The molecule has 1 aromatic carbocycles. The fourth-order valence-corrected chi connectivity index (χ4v) is 2.08. The molecule has 0 bridgehead atoms. The van der Waals surface area contributed by atoms with E-state index in [0.29, 0.717) is 5.75 Å². The normalized spacial score (nSPS) is 28.4. The lowest BCUT2D eigenvalue weighted by Gasteiger charge is -2.17. The Morgan fingerprint density at radius 2 is 2.14 bits per heavy atom. The van der Waals surface area contributed by atoms with Crippen molar-refractivity contribution in [2.75, 3.05) is 19.0 Å². The Hall–Kier alpha value is -1.94. The second kappa shape index (κ2) is 6.22. The standard InChI is InChI=1S/C12H16N2O7/c1-20-6-2-3-7(8(4-6)14(18)19)13-12-11(17)10(16)9(5-15)21-12/h2-4,9-13,15-17H,5H2,1H3/t9-,10?,11?,12+/m1/s1. The SMILES string of the molecule is COc1ccc(N[C@H]2O[C@H](CO)C(O)C2O)c([N+](=O)[O-])c1. The van der Waals surface area contributed by atoms with Crippen molar-refractivity contribution in [1.82, 2.24) is 0 Å². The summed E-state index contributed by atoms with van der Waals surface area (Å²) < 4.78 is 10.1. The number of aliphatic hydroxyl groups is 3. The second-order valence-corrected chi connectivity index (χ2v) is 4.54. The zero-order valence-electron chi connectivity index (χ0n) is 11.2. The summed E-state index contributed by atoms with van der Waals surface area (Å²) in [5.74, 6) is 0.313. The third kappa shape index (κ3) is 3.05. The third-order valence-corrected chi connectivity index (χ3v) is 3.24. The van der Waals surface area contributed by atoms with E-state index in [1.165, 1.54) is 25.3 Å². The Kier molecular flexibility index (Phi) is 4.58. The van der Waals surface area contributed by atoms with Crippen LogP contribution in [0.3, 0.4) is 0 Å². The predicted octanol–water partition coefficient (Wildman–Crippen LogP) is -0.546. The van der Waals surface area contributed by atoms with Gasteiger partial charge in [0.2, 0.25) is 0 Å². The highest BCUT2D eigenvalue weighted by molar-refractivity contribution is 5.64. The van der Waals surface area contributed by atoms with Crippen molar-refractivity contribution in [3.05, 3.63) is 28.3 Å². The van der Waals surface area contributed by atoms with Gasteiger partial charge >= 0.3 is 0 Å². The number of nitrogens with one attached hydrogen (secondary N) is 1. The van der Waals surface area contributed by atoms with E-state index >= 15 is 0 Å². The van der Waals surface area contributed by atoms with Gasteiger partial charge in [-0.05, 0) is 12.1 Å². The number of benzene rings is 1. The molecule has 1 aliphatic heterocycles. The zero-order chi connectivity index (χ0) is 15.6. The maximum Gasteiger partial charge on any atom is 0.296 e. The smallest absolute Gasteiger partial charge is 0.296 e. The van der Waals surface area contributed by atoms with E-state index in [1.54, 1.807) is 0 Å². The molecule has 1 saturated heterocycles. The van der Waals surface area contributed by atoms with Crippen LogP contribution >= 0.6 is 0 Å². The molecule has 21 heavy (non-hydrogen) atoms. The first-order valence-electron chi connectivity index (χ1n) is 6.19. The highest BCUT2D eigenvalue weighted by atomic mass is 16.6. The number of nitro groups is 1. The van der Waals surface area contributed by atoms with Gasteiger partial charge in [0.05, 0.1) is 24.7 Å². The first-order chi connectivity index (χ1) is 9.97. The van der Waals surface area contributed by atoms with Crippen molar-refractivity contribution in [3.8, 4) is 5.75 Å². The first-order valence-corrected chi connectivity index (χ1v) is 6.19. The van der Waals surface area contributed by atoms with Gasteiger partial charge in [0.15, 0.2) is 6.23 Å². The molecule has 4 N–H and O–H groups in total. The molecule has 2 unspecified atom stereocenters. The molecule has 9 nitrogen and oxygen atoms in total. The molecule has 9 heteroatoms. The molecule has 0 aliphatic carbocycles. The van der Waals surface area contributed by atoms with Crippen LogP contribution < -0.4 is 10.1 Å². The predicted molar refractivity (Wildman–Crippen MR) is 71.0 cm³/mol. The number of rotatable bonds is 5. The Balaban J connectivity index is 2.22. The van der Waals surface area contributed by atoms with E-state index in [9.17, 15) is 20.3 Å². The summed E-state index contributed by atoms with van der Waals surface area (Å²) in [4.78, 5) is 10.4. The first kappa shape index (κ1) is 15.4. The minimum absolute atomic E-state index is 0.107. The minimum atomic E-state index is -1.32. The summed E-state index contributed by atoms with van der Waals surface area (Å²) in [7, 11) is 1.39. The van der Waals surface area contributed by atoms with Crippen LogP contribution in [0.5, 0.6) is 5.75 Å². The fraction of sp³-hybridized carbons (Fsp3) is 0.500. The Morgan fingerprint density at radius 1 is 1.43 bits per heavy atom. The van der Waals surface area contributed by atoms with Crippen LogP contribution in [-0.2, 0) is 4.74 Å². The highest BCUT2D eigenvalue weighted by Gasteiger charge is 2.42. The van der Waals surface area contributed by atoms with E-state index in [-0.39, 0.29) is 11.4 Å². The molecule has 1 aliphatic rings. The van der Waals surface area contributed by atoms with Crippen LogP contribution in [0.4, 0.5) is 11.4 Å². The van der Waals surface area contributed by atoms with Gasteiger partial charge < -0.3 is 30.1 Å². The summed E-state index contributed by atoms with van der Waals surface area (Å²) in [6.45, 7) is -0.471. The number of nitrogens with zero attached hydrogens (tertiary/aromatic N) is 1. The lowest BCUT2D eigenvalue weighted by molar-refractivity contribution is -0.384. The second-order valence-electron chi connectivity index (χ2n) is 4.54. The Morgan fingerprint density at radius 3 is 2.67 bits per heavy atom. The number of hydrogen-bond donors (Lipinski definition) is 4. The molecular formula is C12H16N2O7. The average molecular weight is 300 g/mol. The fourth-order valence-electron chi connectivity index (χ4n) is 2.08. The van der Waals surface area contributed by atoms with Gasteiger partial charge in [-0.25, -0.2) is 0 Å². The van der Waals surface area contributed by atoms with Crippen LogP contribution in [0.15, 0.2) is 18.2 Å². The van der Waals surface area contributed by atoms with Crippen molar-refractivity contribution in [2.45, 2.75) is 24.5 Å². The maximum absolute atomic E-state index is 11.0. The lowest BCUT2D eigenvalue weighted by Crippen LogP contribution is -2.36. The quantitative estimate of drug-likeness (QED) is 0.420. The molecule has 116 valence electrons. The van der Waals surface area contributed by atoms with E-state index < -0.39 is 36.1 Å².